The van der Waals surface area contributed by atoms with E-state index in [0.29, 0.717) is 18.0 Å². The van der Waals surface area contributed by atoms with Crippen LogP contribution in [0.15, 0.2) is 18.2 Å². The molecule has 20 heavy (non-hydrogen) atoms. The minimum absolute atomic E-state index is 0.0372. The monoisotopic (exact) mass is 281 g/mol. The summed E-state index contributed by atoms with van der Waals surface area (Å²) in [7, 11) is 1.42. The van der Waals surface area contributed by atoms with Gasteiger partial charge < -0.3 is 20.5 Å². The molecule has 1 aromatic rings. The number of hydrogen-bond donors (Lipinski definition) is 2. The number of anilines is 1. The van der Waals surface area contributed by atoms with Gasteiger partial charge in [-0.25, -0.2) is 0 Å². The van der Waals surface area contributed by atoms with E-state index in [1.54, 1.807) is 17.0 Å². The molecule has 8 nitrogen and oxygen atoms in total. The highest BCUT2D eigenvalue weighted by atomic mass is 16.6. The molecule has 3 N–H and O–H groups in total. The standard InChI is InChI=1S/C12H15N3O5/c1-20-8-2-3-9(10(6-8)15(18)19)14-5-4-12(13,7-14)11(16)17/h2-3,6H,4-5,7,13H2,1H3,(H,16,17). The van der Waals surface area contributed by atoms with Gasteiger partial charge in [-0.1, -0.05) is 0 Å². The number of nitro groups is 1. The van der Waals surface area contributed by atoms with Crippen molar-refractivity contribution in [2.45, 2.75) is 12.0 Å². The Kier molecular flexibility index (Phi) is 3.49. The summed E-state index contributed by atoms with van der Waals surface area (Å²) in [5, 5.41) is 20.2. The van der Waals surface area contributed by atoms with E-state index < -0.39 is 16.4 Å². The Hall–Kier alpha value is -2.35. The molecule has 0 spiro atoms. The van der Waals surface area contributed by atoms with Gasteiger partial charge in [0.25, 0.3) is 5.69 Å². The van der Waals surface area contributed by atoms with Crippen LogP contribution in [0.5, 0.6) is 5.75 Å². The van der Waals surface area contributed by atoms with E-state index in [-0.39, 0.29) is 18.7 Å². The minimum atomic E-state index is -1.37. The molecule has 0 bridgehead atoms. The molecule has 1 atom stereocenters. The number of carbonyl (C=O) groups is 1. The lowest BCUT2D eigenvalue weighted by molar-refractivity contribution is -0.384. The van der Waals surface area contributed by atoms with E-state index in [4.69, 9.17) is 15.6 Å². The number of rotatable bonds is 4. The number of nitrogens with zero attached hydrogens (tertiary/aromatic N) is 2. The summed E-state index contributed by atoms with van der Waals surface area (Å²) in [5.41, 5.74) is 4.63. The largest absolute Gasteiger partial charge is 0.496 e. The number of benzene rings is 1. The molecule has 0 aromatic heterocycles. The number of aliphatic carboxylic acids is 1. The molecular weight excluding hydrogens is 266 g/mol. The molecule has 108 valence electrons. The predicted molar refractivity (Wildman–Crippen MR) is 71.0 cm³/mol. The van der Waals surface area contributed by atoms with Crippen molar-refractivity contribution in [3.8, 4) is 5.75 Å². The topological polar surface area (TPSA) is 119 Å². The second kappa shape index (κ2) is 4.97. The van der Waals surface area contributed by atoms with Gasteiger partial charge in [0.15, 0.2) is 0 Å². The van der Waals surface area contributed by atoms with Gasteiger partial charge >= 0.3 is 5.97 Å². The molecule has 0 aliphatic carbocycles. The van der Waals surface area contributed by atoms with E-state index in [0.717, 1.165) is 0 Å². The molecule has 1 aliphatic rings. The lowest BCUT2D eigenvalue weighted by atomic mass is 10.0. The number of nitrogens with two attached hydrogens (primary N) is 1. The van der Waals surface area contributed by atoms with Gasteiger partial charge in [-0.15, -0.1) is 0 Å². The summed E-state index contributed by atoms with van der Waals surface area (Å²) in [5.74, 6) is -0.729. The Morgan fingerprint density at radius 3 is 2.80 bits per heavy atom. The van der Waals surface area contributed by atoms with Crippen LogP contribution < -0.4 is 15.4 Å². The fourth-order valence-electron chi connectivity index (χ4n) is 2.26. The van der Waals surface area contributed by atoms with Gasteiger partial charge in [0.2, 0.25) is 0 Å². The first-order chi connectivity index (χ1) is 9.37. The number of hydrogen-bond acceptors (Lipinski definition) is 6. The molecule has 1 aromatic carbocycles. The average molecular weight is 281 g/mol. The minimum Gasteiger partial charge on any atom is -0.496 e. The van der Waals surface area contributed by atoms with E-state index in [1.807, 2.05) is 0 Å². The van der Waals surface area contributed by atoms with Crippen molar-refractivity contribution >= 4 is 17.3 Å². The number of methoxy groups -OCH3 is 1. The van der Waals surface area contributed by atoms with Crippen molar-refractivity contribution in [2.75, 3.05) is 25.1 Å². The first-order valence-corrected chi connectivity index (χ1v) is 5.97. The Bertz CT molecular complexity index is 562. The normalized spacial score (nSPS) is 21.8. The predicted octanol–water partition coefficient (Wildman–Crippen LogP) is 0.596. The van der Waals surface area contributed by atoms with Gasteiger partial charge in [-0.2, -0.15) is 0 Å². The third-order valence-electron chi connectivity index (χ3n) is 3.45. The molecule has 1 heterocycles. The Balaban J connectivity index is 2.35. The highest BCUT2D eigenvalue weighted by Gasteiger charge is 2.42. The Morgan fingerprint density at radius 1 is 1.60 bits per heavy atom. The fourth-order valence-corrected chi connectivity index (χ4v) is 2.26. The Morgan fingerprint density at radius 2 is 2.30 bits per heavy atom. The summed E-state index contributed by atoms with van der Waals surface area (Å²) in [6.07, 6.45) is 0.242. The quantitative estimate of drug-likeness (QED) is 0.612. The highest BCUT2D eigenvalue weighted by molar-refractivity contribution is 5.81. The van der Waals surface area contributed by atoms with E-state index in [2.05, 4.69) is 0 Å². The molecule has 0 saturated carbocycles. The third kappa shape index (κ3) is 2.37. The summed E-state index contributed by atoms with van der Waals surface area (Å²) >= 11 is 0. The zero-order valence-electron chi connectivity index (χ0n) is 10.9. The van der Waals surface area contributed by atoms with Crippen LogP contribution in [0.1, 0.15) is 6.42 Å². The molecule has 1 saturated heterocycles. The zero-order valence-corrected chi connectivity index (χ0v) is 10.9. The average Bonchev–Trinajstić information content (AvgIpc) is 2.82. The molecule has 1 unspecified atom stereocenters. The summed E-state index contributed by atoms with van der Waals surface area (Å²) < 4.78 is 4.96. The molecule has 1 fully saturated rings. The lowest BCUT2D eigenvalue weighted by Crippen LogP contribution is -2.50. The Labute approximate surface area is 114 Å². The smallest absolute Gasteiger partial charge is 0.325 e. The van der Waals surface area contributed by atoms with Crippen LogP contribution in [0, 0.1) is 10.1 Å². The van der Waals surface area contributed by atoms with Crippen LogP contribution in [-0.2, 0) is 4.79 Å². The van der Waals surface area contributed by atoms with Crippen LogP contribution in [0.3, 0.4) is 0 Å². The van der Waals surface area contributed by atoms with Crippen LogP contribution in [-0.4, -0.2) is 41.7 Å². The van der Waals surface area contributed by atoms with Crippen molar-refractivity contribution in [3.63, 3.8) is 0 Å². The number of carboxylic acids is 1. The molecule has 2 rings (SSSR count). The van der Waals surface area contributed by atoms with Crippen molar-refractivity contribution in [2.24, 2.45) is 5.73 Å². The highest BCUT2D eigenvalue weighted by Crippen LogP contribution is 2.35. The maximum atomic E-state index is 11.1. The maximum absolute atomic E-state index is 11.1. The van der Waals surface area contributed by atoms with E-state index in [1.165, 1.54) is 13.2 Å². The van der Waals surface area contributed by atoms with Gasteiger partial charge in [0.05, 0.1) is 18.1 Å². The van der Waals surface area contributed by atoms with E-state index in [9.17, 15) is 14.9 Å². The second-order valence-corrected chi connectivity index (χ2v) is 4.74. The van der Waals surface area contributed by atoms with Crippen molar-refractivity contribution in [1.82, 2.24) is 0 Å². The molecule has 0 amide bonds. The maximum Gasteiger partial charge on any atom is 0.325 e. The van der Waals surface area contributed by atoms with Gasteiger partial charge in [0.1, 0.15) is 17.0 Å². The third-order valence-corrected chi connectivity index (χ3v) is 3.45. The fraction of sp³-hybridized carbons (Fsp3) is 0.417. The van der Waals surface area contributed by atoms with Crippen molar-refractivity contribution < 1.29 is 19.6 Å². The first kappa shape index (κ1) is 14.1. The van der Waals surface area contributed by atoms with Crippen molar-refractivity contribution in [3.05, 3.63) is 28.3 Å². The van der Waals surface area contributed by atoms with Crippen LogP contribution in [0.2, 0.25) is 0 Å². The first-order valence-electron chi connectivity index (χ1n) is 5.97. The summed E-state index contributed by atoms with van der Waals surface area (Å²) in [4.78, 5) is 23.3. The molecule has 0 radical (unpaired) electrons. The number of nitro benzene ring substituents is 1. The summed E-state index contributed by atoms with van der Waals surface area (Å²) in [6, 6.07) is 4.46. The van der Waals surface area contributed by atoms with Gasteiger partial charge in [0, 0.05) is 13.1 Å². The van der Waals surface area contributed by atoms with Crippen molar-refractivity contribution in [1.29, 1.82) is 0 Å². The molecular formula is C12H15N3O5. The van der Waals surface area contributed by atoms with Gasteiger partial charge in [-0.05, 0) is 18.6 Å². The van der Waals surface area contributed by atoms with E-state index >= 15 is 0 Å². The molecule has 1 aliphatic heterocycles. The van der Waals surface area contributed by atoms with Crippen LogP contribution >= 0.6 is 0 Å². The molecule has 8 heteroatoms. The number of ether oxygens (including phenoxy) is 1. The van der Waals surface area contributed by atoms with Crippen LogP contribution in [0.25, 0.3) is 0 Å². The van der Waals surface area contributed by atoms with Crippen LogP contribution in [0.4, 0.5) is 11.4 Å². The lowest BCUT2D eigenvalue weighted by Gasteiger charge is -2.21. The zero-order chi connectivity index (χ0) is 14.9. The SMILES string of the molecule is COc1ccc(N2CCC(N)(C(=O)O)C2)c([N+](=O)[O-])c1. The second-order valence-electron chi connectivity index (χ2n) is 4.74. The number of carboxylic acid groups (broad SMARTS) is 1. The van der Waals surface area contributed by atoms with Gasteiger partial charge in [-0.3, -0.25) is 14.9 Å². The summed E-state index contributed by atoms with van der Waals surface area (Å²) in [6.45, 7) is 0.394.